The van der Waals surface area contributed by atoms with Crippen molar-refractivity contribution in [2.75, 3.05) is 0 Å². The maximum Gasteiger partial charge on any atom is 0.312 e. The summed E-state index contributed by atoms with van der Waals surface area (Å²) in [5, 5.41) is 8.62. The molecule has 0 saturated carbocycles. The van der Waals surface area contributed by atoms with E-state index in [0.717, 1.165) is 0 Å². The predicted octanol–water partition coefficient (Wildman–Crippen LogP) is 2.42. The van der Waals surface area contributed by atoms with Gasteiger partial charge in [0.2, 0.25) is 5.89 Å². The number of carboxylic acid groups (broad SMARTS) is 1. The Kier molecular flexibility index (Phi) is 2.91. The number of hydrogen-bond donors (Lipinski definition) is 1. The van der Waals surface area contributed by atoms with Gasteiger partial charge in [0.1, 0.15) is 23.7 Å². The molecule has 2 rings (SSSR count). The van der Waals surface area contributed by atoms with E-state index in [9.17, 15) is 9.18 Å². The molecule has 88 valence electrons. The van der Waals surface area contributed by atoms with Crippen LogP contribution in [0.5, 0.6) is 0 Å². The third-order valence-electron chi connectivity index (χ3n) is 2.27. The van der Waals surface area contributed by atoms with Crippen LogP contribution in [0.25, 0.3) is 11.3 Å². The van der Waals surface area contributed by atoms with E-state index in [0.29, 0.717) is 17.0 Å². The van der Waals surface area contributed by atoms with Crippen LogP contribution in [0.3, 0.4) is 0 Å². The van der Waals surface area contributed by atoms with Crippen molar-refractivity contribution < 1.29 is 18.7 Å². The quantitative estimate of drug-likeness (QED) is 0.887. The van der Waals surface area contributed by atoms with Crippen LogP contribution in [0, 0.1) is 12.7 Å². The van der Waals surface area contributed by atoms with E-state index >= 15 is 0 Å². The zero-order valence-electron chi connectivity index (χ0n) is 9.11. The van der Waals surface area contributed by atoms with Crippen molar-refractivity contribution >= 4 is 5.97 Å². The zero-order valence-corrected chi connectivity index (χ0v) is 9.11. The fourth-order valence-electron chi connectivity index (χ4n) is 1.56. The van der Waals surface area contributed by atoms with Crippen molar-refractivity contribution in [1.82, 2.24) is 4.98 Å². The van der Waals surface area contributed by atoms with Crippen molar-refractivity contribution in [3.8, 4) is 11.3 Å². The zero-order chi connectivity index (χ0) is 12.4. The maximum absolute atomic E-state index is 13.5. The lowest BCUT2D eigenvalue weighted by Crippen LogP contribution is -1.99. The average molecular weight is 235 g/mol. The van der Waals surface area contributed by atoms with E-state index in [1.54, 1.807) is 25.1 Å². The van der Waals surface area contributed by atoms with Gasteiger partial charge in [-0.05, 0) is 19.1 Å². The molecule has 5 heteroatoms. The van der Waals surface area contributed by atoms with Gasteiger partial charge >= 0.3 is 5.97 Å². The first-order valence-electron chi connectivity index (χ1n) is 5.01. The Morgan fingerprint density at radius 2 is 2.18 bits per heavy atom. The lowest BCUT2D eigenvalue weighted by molar-refractivity contribution is -0.136. The largest absolute Gasteiger partial charge is 0.481 e. The molecule has 1 N–H and O–H groups in total. The number of carboxylic acids is 1. The lowest BCUT2D eigenvalue weighted by Gasteiger charge is -1.98. The summed E-state index contributed by atoms with van der Waals surface area (Å²) >= 11 is 0. The molecule has 0 fully saturated rings. The SMILES string of the molecule is Cc1oc(CC(=O)O)nc1-c1ccccc1F. The van der Waals surface area contributed by atoms with Crippen molar-refractivity contribution in [2.24, 2.45) is 0 Å². The Hall–Kier alpha value is -2.17. The van der Waals surface area contributed by atoms with Gasteiger partial charge in [0.05, 0.1) is 0 Å². The van der Waals surface area contributed by atoms with E-state index in [2.05, 4.69) is 4.98 Å². The van der Waals surface area contributed by atoms with Crippen LogP contribution in [0.4, 0.5) is 4.39 Å². The summed E-state index contributed by atoms with van der Waals surface area (Å²) in [5.74, 6) is -0.961. The van der Waals surface area contributed by atoms with E-state index < -0.39 is 11.8 Å². The van der Waals surface area contributed by atoms with E-state index in [4.69, 9.17) is 9.52 Å². The second-order valence-electron chi connectivity index (χ2n) is 3.56. The summed E-state index contributed by atoms with van der Waals surface area (Å²) in [6.07, 6.45) is -0.310. The van der Waals surface area contributed by atoms with Crippen LogP contribution in [-0.2, 0) is 11.2 Å². The second kappa shape index (κ2) is 4.37. The number of hydrogen-bond acceptors (Lipinski definition) is 3. The van der Waals surface area contributed by atoms with Crippen molar-refractivity contribution in [3.05, 3.63) is 41.7 Å². The Morgan fingerprint density at radius 3 is 2.82 bits per heavy atom. The van der Waals surface area contributed by atoms with Crippen LogP contribution in [0.2, 0.25) is 0 Å². The number of benzene rings is 1. The predicted molar refractivity (Wildman–Crippen MR) is 58.0 cm³/mol. The van der Waals surface area contributed by atoms with Gasteiger partial charge in [0.25, 0.3) is 0 Å². The monoisotopic (exact) mass is 235 g/mol. The summed E-state index contributed by atoms with van der Waals surface area (Å²) in [6.45, 7) is 1.63. The number of nitrogens with zero attached hydrogens (tertiary/aromatic N) is 1. The molecule has 0 aliphatic carbocycles. The minimum absolute atomic E-state index is 0.0771. The fourth-order valence-corrected chi connectivity index (χ4v) is 1.56. The van der Waals surface area contributed by atoms with Crippen LogP contribution in [0.1, 0.15) is 11.7 Å². The first kappa shape index (κ1) is 11.3. The van der Waals surface area contributed by atoms with Crippen molar-refractivity contribution in [1.29, 1.82) is 0 Å². The smallest absolute Gasteiger partial charge is 0.312 e. The molecule has 0 unspecified atom stereocenters. The van der Waals surface area contributed by atoms with Gasteiger partial charge in [-0.25, -0.2) is 9.37 Å². The van der Waals surface area contributed by atoms with Gasteiger partial charge in [0.15, 0.2) is 0 Å². The molecule has 1 aromatic carbocycles. The van der Waals surface area contributed by atoms with Gasteiger partial charge in [-0.3, -0.25) is 4.79 Å². The Morgan fingerprint density at radius 1 is 1.47 bits per heavy atom. The van der Waals surface area contributed by atoms with Crippen LogP contribution in [0.15, 0.2) is 28.7 Å². The summed E-state index contributed by atoms with van der Waals surface area (Å²) in [5.41, 5.74) is 0.657. The van der Waals surface area contributed by atoms with E-state index in [1.165, 1.54) is 6.07 Å². The van der Waals surface area contributed by atoms with Crippen LogP contribution in [-0.4, -0.2) is 16.1 Å². The van der Waals surface area contributed by atoms with Crippen LogP contribution < -0.4 is 0 Å². The molecule has 0 saturated heterocycles. The van der Waals surface area contributed by atoms with E-state index in [-0.39, 0.29) is 12.3 Å². The number of aryl methyl sites for hydroxylation is 1. The average Bonchev–Trinajstić information content (AvgIpc) is 2.59. The topological polar surface area (TPSA) is 63.3 Å². The van der Waals surface area contributed by atoms with Gasteiger partial charge in [-0.2, -0.15) is 0 Å². The number of rotatable bonds is 3. The molecule has 0 radical (unpaired) electrons. The Balaban J connectivity index is 2.43. The fraction of sp³-hybridized carbons (Fsp3) is 0.167. The normalized spacial score (nSPS) is 10.5. The highest BCUT2D eigenvalue weighted by Crippen LogP contribution is 2.25. The number of halogens is 1. The molecular weight excluding hydrogens is 225 g/mol. The first-order chi connectivity index (χ1) is 8.08. The molecular formula is C12H10FNO3. The summed E-state index contributed by atoms with van der Waals surface area (Å²) in [7, 11) is 0. The van der Waals surface area contributed by atoms with Gasteiger partial charge < -0.3 is 9.52 Å². The number of aliphatic carboxylic acids is 1. The molecule has 0 aliphatic heterocycles. The van der Waals surface area contributed by atoms with Crippen LogP contribution >= 0.6 is 0 Å². The van der Waals surface area contributed by atoms with Gasteiger partial charge in [-0.1, -0.05) is 12.1 Å². The van der Waals surface area contributed by atoms with Gasteiger partial charge in [-0.15, -0.1) is 0 Å². The molecule has 1 heterocycles. The highest BCUT2D eigenvalue weighted by atomic mass is 19.1. The molecule has 2 aromatic rings. The highest BCUT2D eigenvalue weighted by Gasteiger charge is 2.16. The third-order valence-corrected chi connectivity index (χ3v) is 2.27. The number of carbonyl (C=O) groups is 1. The highest BCUT2D eigenvalue weighted by molar-refractivity contribution is 5.69. The lowest BCUT2D eigenvalue weighted by atomic mass is 10.1. The Bertz CT molecular complexity index is 563. The Labute approximate surface area is 96.7 Å². The summed E-state index contributed by atoms with van der Waals surface area (Å²) in [4.78, 5) is 14.5. The van der Waals surface area contributed by atoms with Crippen molar-refractivity contribution in [2.45, 2.75) is 13.3 Å². The molecule has 0 spiro atoms. The molecule has 1 aromatic heterocycles. The first-order valence-corrected chi connectivity index (χ1v) is 5.01. The minimum Gasteiger partial charge on any atom is -0.481 e. The second-order valence-corrected chi connectivity index (χ2v) is 3.56. The summed E-state index contributed by atoms with van der Waals surface area (Å²) < 4.78 is 18.7. The number of oxazole rings is 1. The molecule has 17 heavy (non-hydrogen) atoms. The molecule has 0 bridgehead atoms. The molecule has 0 atom stereocenters. The number of aromatic nitrogens is 1. The standard InChI is InChI=1S/C12H10FNO3/c1-7-12(8-4-2-3-5-9(8)13)14-10(17-7)6-11(15)16/h2-5H,6H2,1H3,(H,15,16). The molecule has 0 amide bonds. The minimum atomic E-state index is -1.04. The maximum atomic E-state index is 13.5. The molecule has 4 nitrogen and oxygen atoms in total. The molecule has 0 aliphatic rings. The van der Waals surface area contributed by atoms with Crippen molar-refractivity contribution in [3.63, 3.8) is 0 Å². The third kappa shape index (κ3) is 2.33. The summed E-state index contributed by atoms with van der Waals surface area (Å²) in [6, 6.07) is 6.15. The van der Waals surface area contributed by atoms with Gasteiger partial charge in [0, 0.05) is 5.56 Å². The van der Waals surface area contributed by atoms with E-state index in [1.807, 2.05) is 0 Å².